The average molecular weight is 429 g/mol. The van der Waals surface area contributed by atoms with E-state index in [0.29, 0.717) is 13.2 Å². The van der Waals surface area contributed by atoms with Crippen LogP contribution in [-0.4, -0.2) is 43.7 Å². The van der Waals surface area contributed by atoms with E-state index in [9.17, 15) is 0 Å². The highest BCUT2D eigenvalue weighted by molar-refractivity contribution is 14.0. The monoisotopic (exact) mass is 429 g/mol. The van der Waals surface area contributed by atoms with Crippen LogP contribution in [0.4, 0.5) is 5.69 Å². The van der Waals surface area contributed by atoms with Crippen molar-refractivity contribution in [3.05, 3.63) is 43.0 Å². The van der Waals surface area contributed by atoms with Gasteiger partial charge in [-0.05, 0) is 37.8 Å². The molecule has 0 bridgehead atoms. The number of anilines is 1. The molecule has 128 valence electrons. The summed E-state index contributed by atoms with van der Waals surface area (Å²) >= 11 is 0. The molecule has 0 amide bonds. The van der Waals surface area contributed by atoms with Crippen molar-refractivity contribution in [1.29, 1.82) is 0 Å². The lowest BCUT2D eigenvalue weighted by atomic mass is 10.1. The third-order valence-corrected chi connectivity index (χ3v) is 3.65. The molecule has 23 heavy (non-hydrogen) atoms. The lowest BCUT2D eigenvalue weighted by Gasteiger charge is -2.30. The Labute approximate surface area is 157 Å². The quantitative estimate of drug-likeness (QED) is 0.233. The third kappa shape index (κ3) is 7.83. The van der Waals surface area contributed by atoms with Crippen LogP contribution in [0.1, 0.15) is 25.7 Å². The van der Waals surface area contributed by atoms with E-state index in [-0.39, 0.29) is 24.0 Å². The zero-order valence-electron chi connectivity index (χ0n) is 13.7. The van der Waals surface area contributed by atoms with Crippen LogP contribution in [0, 0.1) is 0 Å². The maximum absolute atomic E-state index is 5.54. The summed E-state index contributed by atoms with van der Waals surface area (Å²) in [5.74, 6) is 0.971. The van der Waals surface area contributed by atoms with Gasteiger partial charge in [0.15, 0.2) is 5.96 Å². The van der Waals surface area contributed by atoms with Crippen LogP contribution in [0.3, 0.4) is 0 Å². The number of piperidine rings is 1. The van der Waals surface area contributed by atoms with Crippen LogP contribution in [0.25, 0.3) is 0 Å². The number of rotatable bonds is 7. The molecule has 0 aromatic heterocycles. The van der Waals surface area contributed by atoms with Crippen LogP contribution in [0.15, 0.2) is 48.0 Å². The zero-order valence-corrected chi connectivity index (χ0v) is 16.1. The Morgan fingerprint density at radius 3 is 2.61 bits per heavy atom. The van der Waals surface area contributed by atoms with Gasteiger partial charge < -0.3 is 15.0 Å². The fourth-order valence-electron chi connectivity index (χ4n) is 2.46. The van der Waals surface area contributed by atoms with Crippen molar-refractivity contribution in [3.8, 4) is 0 Å². The highest BCUT2D eigenvalue weighted by Crippen LogP contribution is 2.12. The first-order valence-corrected chi connectivity index (χ1v) is 8.20. The maximum atomic E-state index is 5.54. The summed E-state index contributed by atoms with van der Waals surface area (Å²) in [6.45, 7) is 7.91. The van der Waals surface area contributed by atoms with Crippen molar-refractivity contribution < 1.29 is 4.74 Å². The largest absolute Gasteiger partial charge is 0.379 e. The van der Waals surface area contributed by atoms with Crippen LogP contribution in [0.5, 0.6) is 0 Å². The number of aliphatic imine (C=N–C) groups is 1. The van der Waals surface area contributed by atoms with Crippen LogP contribution < -0.4 is 5.32 Å². The molecule has 0 unspecified atom stereocenters. The van der Waals surface area contributed by atoms with Crippen molar-refractivity contribution in [3.63, 3.8) is 0 Å². The lowest BCUT2D eigenvalue weighted by molar-refractivity contribution is 0.146. The molecule has 1 aliphatic rings. The molecule has 1 fully saturated rings. The standard InChI is InChI=1S/C18H27N3O.HI/c1-2-3-15-22-16-12-19-18(21-13-8-5-9-14-21)20-17-10-6-4-7-11-17;/h2,4,6-7,10-11H,1,3,5,8-9,12-16H2,(H,19,20);1H. The molecular formula is C18H28IN3O. The molecule has 1 N–H and O–H groups in total. The number of hydrogen-bond donors (Lipinski definition) is 1. The SMILES string of the molecule is C=CCCOCCN=C(Nc1ccccc1)N1CCCCC1.I. The summed E-state index contributed by atoms with van der Waals surface area (Å²) in [6, 6.07) is 10.2. The molecule has 4 nitrogen and oxygen atoms in total. The topological polar surface area (TPSA) is 36.9 Å². The second kappa shape index (κ2) is 12.4. The number of nitrogens with zero attached hydrogens (tertiary/aromatic N) is 2. The minimum atomic E-state index is 0. The van der Waals surface area contributed by atoms with Gasteiger partial charge in [0, 0.05) is 18.8 Å². The fraction of sp³-hybridized carbons (Fsp3) is 0.500. The zero-order chi connectivity index (χ0) is 15.5. The molecule has 0 saturated carbocycles. The molecule has 0 radical (unpaired) electrons. The van der Waals surface area contributed by atoms with E-state index in [1.165, 1.54) is 19.3 Å². The van der Waals surface area contributed by atoms with Crippen molar-refractivity contribution in [2.24, 2.45) is 4.99 Å². The van der Waals surface area contributed by atoms with Gasteiger partial charge in [0.25, 0.3) is 0 Å². The summed E-state index contributed by atoms with van der Waals surface area (Å²) in [6.07, 6.45) is 6.57. The Balaban J connectivity index is 0.00000264. The van der Waals surface area contributed by atoms with E-state index >= 15 is 0 Å². The van der Waals surface area contributed by atoms with Crippen LogP contribution in [-0.2, 0) is 4.74 Å². The Morgan fingerprint density at radius 2 is 1.91 bits per heavy atom. The molecule has 5 heteroatoms. The number of nitrogens with one attached hydrogen (secondary N) is 1. The highest BCUT2D eigenvalue weighted by atomic mass is 127. The Bertz CT molecular complexity index is 459. The predicted octanol–water partition coefficient (Wildman–Crippen LogP) is 4.15. The smallest absolute Gasteiger partial charge is 0.198 e. The van der Waals surface area contributed by atoms with Crippen molar-refractivity contribution in [2.75, 3.05) is 38.2 Å². The van der Waals surface area contributed by atoms with Gasteiger partial charge in [-0.25, -0.2) is 0 Å². The third-order valence-electron chi connectivity index (χ3n) is 3.65. The predicted molar refractivity (Wildman–Crippen MR) is 109 cm³/mol. The Morgan fingerprint density at radius 1 is 1.17 bits per heavy atom. The molecule has 2 rings (SSSR count). The summed E-state index contributed by atoms with van der Waals surface area (Å²) in [5, 5.41) is 3.45. The van der Waals surface area contributed by atoms with Gasteiger partial charge in [-0.2, -0.15) is 0 Å². The summed E-state index contributed by atoms with van der Waals surface area (Å²) in [7, 11) is 0. The first-order valence-electron chi connectivity index (χ1n) is 8.20. The number of hydrogen-bond acceptors (Lipinski definition) is 2. The van der Waals surface area contributed by atoms with Gasteiger partial charge in [-0.3, -0.25) is 4.99 Å². The van der Waals surface area contributed by atoms with Crippen molar-refractivity contribution >= 4 is 35.6 Å². The first kappa shape index (κ1) is 20.0. The molecule has 0 aliphatic carbocycles. The second-order valence-corrected chi connectivity index (χ2v) is 5.43. The summed E-state index contributed by atoms with van der Waals surface area (Å²) in [5.41, 5.74) is 1.08. The van der Waals surface area contributed by atoms with Crippen molar-refractivity contribution in [1.82, 2.24) is 4.90 Å². The Hall–Kier alpha value is -1.08. The second-order valence-electron chi connectivity index (χ2n) is 5.43. The molecule has 0 spiro atoms. The fourth-order valence-corrected chi connectivity index (χ4v) is 2.46. The van der Waals surface area contributed by atoms with E-state index in [4.69, 9.17) is 9.73 Å². The number of benzene rings is 1. The number of guanidine groups is 1. The minimum absolute atomic E-state index is 0. The molecular weight excluding hydrogens is 401 g/mol. The number of ether oxygens (including phenoxy) is 1. The van der Waals surface area contributed by atoms with Crippen molar-refractivity contribution in [2.45, 2.75) is 25.7 Å². The van der Waals surface area contributed by atoms with Gasteiger partial charge >= 0.3 is 0 Å². The van der Waals surface area contributed by atoms with Gasteiger partial charge in [-0.1, -0.05) is 24.3 Å². The molecule has 1 saturated heterocycles. The van der Waals surface area contributed by atoms with E-state index in [1.54, 1.807) is 0 Å². The van der Waals surface area contributed by atoms with Gasteiger partial charge in [0.2, 0.25) is 0 Å². The molecule has 1 aliphatic heterocycles. The number of para-hydroxylation sites is 1. The number of halogens is 1. The first-order chi connectivity index (χ1) is 10.9. The van der Waals surface area contributed by atoms with Gasteiger partial charge in [0.05, 0.1) is 19.8 Å². The maximum Gasteiger partial charge on any atom is 0.198 e. The number of likely N-dealkylation sites (tertiary alicyclic amines) is 1. The van der Waals surface area contributed by atoms with Gasteiger partial charge in [-0.15, -0.1) is 30.6 Å². The molecule has 0 atom stereocenters. The van der Waals surface area contributed by atoms with E-state index in [2.05, 4.69) is 28.9 Å². The van der Waals surface area contributed by atoms with Crippen LogP contribution in [0.2, 0.25) is 0 Å². The summed E-state index contributed by atoms with van der Waals surface area (Å²) in [4.78, 5) is 7.07. The molecule has 1 heterocycles. The highest BCUT2D eigenvalue weighted by Gasteiger charge is 2.14. The van der Waals surface area contributed by atoms with E-state index in [0.717, 1.165) is 37.8 Å². The average Bonchev–Trinajstić information content (AvgIpc) is 2.58. The normalized spacial score (nSPS) is 15.0. The summed E-state index contributed by atoms with van der Waals surface area (Å²) < 4.78 is 5.54. The van der Waals surface area contributed by atoms with Gasteiger partial charge in [0.1, 0.15) is 0 Å². The molecule has 1 aromatic carbocycles. The van der Waals surface area contributed by atoms with E-state index < -0.39 is 0 Å². The van der Waals surface area contributed by atoms with Crippen LogP contribution >= 0.6 is 24.0 Å². The van der Waals surface area contributed by atoms with E-state index in [1.807, 2.05) is 24.3 Å². The lowest BCUT2D eigenvalue weighted by Crippen LogP contribution is -2.40. The Kier molecular flexibility index (Phi) is 10.7. The minimum Gasteiger partial charge on any atom is -0.379 e. The molecule has 1 aromatic rings.